The molecule has 0 aliphatic heterocycles. The van der Waals surface area contributed by atoms with E-state index in [0.717, 1.165) is 0 Å². The second kappa shape index (κ2) is 3.31. The van der Waals surface area contributed by atoms with Gasteiger partial charge in [0.15, 0.2) is 5.41 Å². The highest BCUT2D eigenvalue weighted by Gasteiger charge is 2.77. The number of hydrogen-bond donors (Lipinski definition) is 1. The Morgan fingerprint density at radius 3 is 2.31 bits per heavy atom. The number of halogens is 4. The third kappa shape index (κ3) is 1.40. The second-order valence-corrected chi connectivity index (χ2v) is 4.56. The average molecular weight is 267 g/mol. The van der Waals surface area contributed by atoms with E-state index in [1.54, 1.807) is 0 Å². The van der Waals surface area contributed by atoms with E-state index in [1.165, 1.54) is 18.2 Å². The van der Waals surface area contributed by atoms with Gasteiger partial charge in [0, 0.05) is 16.5 Å². The van der Waals surface area contributed by atoms with Gasteiger partial charge in [-0.25, -0.2) is 8.78 Å². The van der Waals surface area contributed by atoms with Gasteiger partial charge in [-0.15, -0.1) is 0 Å². The topological polar surface area (TPSA) is 37.3 Å². The zero-order valence-corrected chi connectivity index (χ0v) is 9.32. The summed E-state index contributed by atoms with van der Waals surface area (Å²) < 4.78 is 26.4. The second-order valence-electron chi connectivity index (χ2n) is 3.72. The predicted octanol–water partition coefficient (Wildman–Crippen LogP) is 3.35. The SMILES string of the molecule is O=C(O)C1(c2ccc(Cl)cc2Cl)CC1(F)F. The molecule has 1 atom stereocenters. The number of rotatable bonds is 2. The monoisotopic (exact) mass is 266 g/mol. The van der Waals surface area contributed by atoms with Gasteiger partial charge in [0.2, 0.25) is 0 Å². The Balaban J connectivity index is 2.56. The first-order valence-corrected chi connectivity index (χ1v) is 5.13. The standard InChI is InChI=1S/C10H6Cl2F2O2/c11-5-1-2-6(7(12)3-5)9(8(15)16)4-10(9,13)14/h1-3H,4H2,(H,15,16). The summed E-state index contributed by atoms with van der Waals surface area (Å²) in [7, 11) is 0. The molecule has 1 aromatic rings. The minimum atomic E-state index is -3.25. The van der Waals surface area contributed by atoms with Gasteiger partial charge >= 0.3 is 5.97 Å². The van der Waals surface area contributed by atoms with Crippen molar-refractivity contribution in [1.82, 2.24) is 0 Å². The first-order valence-electron chi connectivity index (χ1n) is 4.38. The van der Waals surface area contributed by atoms with E-state index in [-0.39, 0.29) is 15.6 Å². The number of alkyl halides is 2. The number of carboxylic acids is 1. The van der Waals surface area contributed by atoms with Gasteiger partial charge < -0.3 is 5.11 Å². The number of aliphatic carboxylic acids is 1. The molecule has 0 bridgehead atoms. The van der Waals surface area contributed by atoms with Crippen LogP contribution in [0, 0.1) is 0 Å². The highest BCUT2D eigenvalue weighted by Crippen LogP contribution is 2.63. The van der Waals surface area contributed by atoms with Gasteiger partial charge in [0.05, 0.1) is 0 Å². The zero-order chi connectivity index (χ0) is 12.1. The Morgan fingerprint density at radius 1 is 1.38 bits per heavy atom. The van der Waals surface area contributed by atoms with Crippen LogP contribution in [-0.2, 0) is 10.2 Å². The molecule has 0 aromatic heterocycles. The van der Waals surface area contributed by atoms with Crippen LogP contribution in [0.15, 0.2) is 18.2 Å². The highest BCUT2D eigenvalue weighted by molar-refractivity contribution is 6.35. The van der Waals surface area contributed by atoms with Crippen LogP contribution in [0.25, 0.3) is 0 Å². The summed E-state index contributed by atoms with van der Waals surface area (Å²) in [6, 6.07) is 3.85. The fourth-order valence-electron chi connectivity index (χ4n) is 1.76. The van der Waals surface area contributed by atoms with E-state index < -0.39 is 23.7 Å². The maximum atomic E-state index is 13.2. The van der Waals surface area contributed by atoms with Crippen LogP contribution in [-0.4, -0.2) is 17.0 Å². The number of carboxylic acid groups (broad SMARTS) is 1. The van der Waals surface area contributed by atoms with Crippen molar-refractivity contribution in [3.63, 3.8) is 0 Å². The molecule has 16 heavy (non-hydrogen) atoms. The van der Waals surface area contributed by atoms with Crippen LogP contribution >= 0.6 is 23.2 Å². The lowest BCUT2D eigenvalue weighted by Crippen LogP contribution is -2.27. The lowest BCUT2D eigenvalue weighted by molar-refractivity contribution is -0.142. The van der Waals surface area contributed by atoms with Gasteiger partial charge in [-0.2, -0.15) is 0 Å². The Morgan fingerprint density at radius 2 is 1.94 bits per heavy atom. The zero-order valence-electron chi connectivity index (χ0n) is 7.81. The molecule has 0 saturated heterocycles. The Hall–Kier alpha value is -0.870. The molecule has 0 amide bonds. The van der Waals surface area contributed by atoms with Crippen molar-refractivity contribution in [1.29, 1.82) is 0 Å². The van der Waals surface area contributed by atoms with Crippen LogP contribution in [0.4, 0.5) is 8.78 Å². The molecule has 1 aromatic carbocycles. The molecule has 2 rings (SSSR count). The Labute approximate surface area is 99.8 Å². The molecule has 2 nitrogen and oxygen atoms in total. The summed E-state index contributed by atoms with van der Waals surface area (Å²) >= 11 is 11.4. The summed E-state index contributed by atoms with van der Waals surface area (Å²) in [6.07, 6.45) is -0.726. The summed E-state index contributed by atoms with van der Waals surface area (Å²) in [5, 5.41) is 9.14. The van der Waals surface area contributed by atoms with Crippen LogP contribution in [0.3, 0.4) is 0 Å². The molecular weight excluding hydrogens is 261 g/mol. The van der Waals surface area contributed by atoms with Crippen LogP contribution in [0.5, 0.6) is 0 Å². The van der Waals surface area contributed by atoms with E-state index in [4.69, 9.17) is 28.3 Å². The third-order valence-electron chi connectivity index (χ3n) is 2.74. The molecule has 1 N–H and O–H groups in total. The van der Waals surface area contributed by atoms with Gasteiger partial charge in [0.25, 0.3) is 5.92 Å². The number of carbonyl (C=O) groups is 1. The average Bonchev–Trinajstić information content (AvgIpc) is 2.70. The molecule has 1 aliphatic rings. The van der Waals surface area contributed by atoms with E-state index in [2.05, 4.69) is 0 Å². The molecule has 1 fully saturated rings. The first-order chi connectivity index (χ1) is 7.31. The predicted molar refractivity (Wildman–Crippen MR) is 55.3 cm³/mol. The maximum Gasteiger partial charge on any atom is 0.320 e. The molecule has 0 spiro atoms. The number of hydrogen-bond acceptors (Lipinski definition) is 1. The summed E-state index contributed by atoms with van der Waals surface area (Å²) in [5.41, 5.74) is -2.27. The van der Waals surface area contributed by atoms with Crippen molar-refractivity contribution < 1.29 is 18.7 Å². The summed E-state index contributed by atoms with van der Waals surface area (Å²) in [4.78, 5) is 11.0. The molecule has 0 heterocycles. The fraction of sp³-hybridized carbons (Fsp3) is 0.300. The van der Waals surface area contributed by atoms with E-state index in [1.807, 2.05) is 0 Å². The normalized spacial score (nSPS) is 26.5. The molecule has 1 aliphatic carbocycles. The van der Waals surface area contributed by atoms with Gasteiger partial charge in [-0.1, -0.05) is 29.3 Å². The summed E-state index contributed by atoms with van der Waals surface area (Å²) in [5.74, 6) is -4.82. The van der Waals surface area contributed by atoms with Crippen molar-refractivity contribution in [2.24, 2.45) is 0 Å². The van der Waals surface area contributed by atoms with Crippen molar-refractivity contribution in [2.75, 3.05) is 0 Å². The van der Waals surface area contributed by atoms with Crippen molar-refractivity contribution in [3.8, 4) is 0 Å². The van der Waals surface area contributed by atoms with Crippen molar-refractivity contribution >= 4 is 29.2 Å². The lowest BCUT2D eigenvalue weighted by atomic mass is 9.95. The van der Waals surface area contributed by atoms with E-state index in [9.17, 15) is 13.6 Å². The van der Waals surface area contributed by atoms with Gasteiger partial charge in [0.1, 0.15) is 0 Å². The fourth-order valence-corrected chi connectivity index (χ4v) is 2.33. The molecule has 86 valence electrons. The Bertz CT molecular complexity index is 476. The molecular formula is C10H6Cl2F2O2. The molecule has 1 saturated carbocycles. The van der Waals surface area contributed by atoms with E-state index >= 15 is 0 Å². The number of benzene rings is 1. The Kier molecular flexibility index (Phi) is 2.40. The van der Waals surface area contributed by atoms with Gasteiger partial charge in [-0.3, -0.25) is 4.79 Å². The minimum Gasteiger partial charge on any atom is -0.480 e. The van der Waals surface area contributed by atoms with Crippen LogP contribution in [0.2, 0.25) is 10.0 Å². The minimum absolute atomic E-state index is 0.0490. The summed E-state index contributed by atoms with van der Waals surface area (Å²) in [6.45, 7) is 0. The molecule has 6 heteroatoms. The molecule has 0 radical (unpaired) electrons. The smallest absolute Gasteiger partial charge is 0.320 e. The van der Waals surface area contributed by atoms with Crippen molar-refractivity contribution in [3.05, 3.63) is 33.8 Å². The van der Waals surface area contributed by atoms with Crippen molar-refractivity contribution in [2.45, 2.75) is 17.8 Å². The first kappa shape index (κ1) is 11.6. The maximum absolute atomic E-state index is 13.2. The highest BCUT2D eigenvalue weighted by atomic mass is 35.5. The third-order valence-corrected chi connectivity index (χ3v) is 3.29. The largest absolute Gasteiger partial charge is 0.480 e. The van der Waals surface area contributed by atoms with E-state index in [0.29, 0.717) is 0 Å². The quantitative estimate of drug-likeness (QED) is 0.892. The van der Waals surface area contributed by atoms with Crippen LogP contribution < -0.4 is 0 Å². The van der Waals surface area contributed by atoms with Gasteiger partial charge in [-0.05, 0) is 17.7 Å². The lowest BCUT2D eigenvalue weighted by Gasteiger charge is -2.13. The van der Waals surface area contributed by atoms with Crippen LogP contribution in [0.1, 0.15) is 12.0 Å². The molecule has 1 unspecified atom stereocenters.